The SMILES string of the molecule is CC(C)c1ccc2c(c1)CCC1C2(C)CCC(O)C1(C)C=O. The molecule has 0 bridgehead atoms. The van der Waals surface area contributed by atoms with E-state index in [0.29, 0.717) is 12.3 Å². The molecule has 2 nitrogen and oxygen atoms in total. The lowest BCUT2D eigenvalue weighted by Crippen LogP contribution is -2.56. The highest BCUT2D eigenvalue weighted by atomic mass is 16.3. The Balaban J connectivity index is 2.08. The van der Waals surface area contributed by atoms with Crippen LogP contribution in [-0.2, 0) is 16.6 Å². The molecule has 120 valence electrons. The van der Waals surface area contributed by atoms with Gasteiger partial charge in [0.05, 0.1) is 11.5 Å². The van der Waals surface area contributed by atoms with E-state index in [1.807, 2.05) is 6.92 Å². The molecule has 0 amide bonds. The smallest absolute Gasteiger partial charge is 0.128 e. The highest BCUT2D eigenvalue weighted by Gasteiger charge is 2.55. The molecule has 0 saturated heterocycles. The van der Waals surface area contributed by atoms with Gasteiger partial charge in [-0.1, -0.05) is 45.9 Å². The van der Waals surface area contributed by atoms with Crippen LogP contribution in [0.1, 0.15) is 69.6 Å². The predicted molar refractivity (Wildman–Crippen MR) is 89.1 cm³/mol. The molecular formula is C20H28O2. The van der Waals surface area contributed by atoms with Crippen LogP contribution in [0.25, 0.3) is 0 Å². The number of aryl methyl sites for hydroxylation is 1. The van der Waals surface area contributed by atoms with E-state index in [-0.39, 0.29) is 11.3 Å². The fourth-order valence-electron chi connectivity index (χ4n) is 4.99. The van der Waals surface area contributed by atoms with Gasteiger partial charge in [0.1, 0.15) is 6.29 Å². The van der Waals surface area contributed by atoms with Crippen molar-refractivity contribution in [2.24, 2.45) is 11.3 Å². The normalized spacial score (nSPS) is 37.5. The number of hydrogen-bond donors (Lipinski definition) is 1. The quantitative estimate of drug-likeness (QED) is 0.839. The molecule has 22 heavy (non-hydrogen) atoms. The summed E-state index contributed by atoms with van der Waals surface area (Å²) < 4.78 is 0. The van der Waals surface area contributed by atoms with E-state index in [0.717, 1.165) is 25.5 Å². The number of aliphatic hydroxyl groups excluding tert-OH is 1. The minimum Gasteiger partial charge on any atom is -0.392 e. The predicted octanol–water partition coefficient (Wildman–Crippen LogP) is 3.99. The first-order chi connectivity index (χ1) is 10.3. The van der Waals surface area contributed by atoms with E-state index in [1.165, 1.54) is 16.7 Å². The summed E-state index contributed by atoms with van der Waals surface area (Å²) in [6.07, 6.45) is 4.22. The minimum atomic E-state index is -0.610. The summed E-state index contributed by atoms with van der Waals surface area (Å²) in [7, 11) is 0. The van der Waals surface area contributed by atoms with Crippen LogP contribution in [0.4, 0.5) is 0 Å². The molecule has 2 heteroatoms. The lowest BCUT2D eigenvalue weighted by Gasteiger charge is -2.55. The molecule has 1 aromatic rings. The second kappa shape index (κ2) is 5.19. The number of carbonyl (C=O) groups excluding carboxylic acids is 1. The van der Waals surface area contributed by atoms with Crippen molar-refractivity contribution in [2.45, 2.75) is 70.8 Å². The number of fused-ring (bicyclic) bond motifs is 3. The van der Waals surface area contributed by atoms with Crippen LogP contribution >= 0.6 is 0 Å². The Labute approximate surface area is 133 Å². The Hall–Kier alpha value is -1.15. The van der Waals surface area contributed by atoms with Crippen LogP contribution in [0, 0.1) is 11.3 Å². The van der Waals surface area contributed by atoms with Crippen molar-refractivity contribution in [1.82, 2.24) is 0 Å². The van der Waals surface area contributed by atoms with Gasteiger partial charge in [0.2, 0.25) is 0 Å². The highest BCUT2D eigenvalue weighted by Crippen LogP contribution is 2.56. The van der Waals surface area contributed by atoms with E-state index in [2.05, 4.69) is 39.0 Å². The van der Waals surface area contributed by atoms with E-state index in [4.69, 9.17) is 0 Å². The first-order valence-electron chi connectivity index (χ1n) is 8.60. The van der Waals surface area contributed by atoms with Gasteiger partial charge in [0, 0.05) is 0 Å². The molecule has 0 radical (unpaired) electrons. The molecule has 0 aliphatic heterocycles. The molecule has 1 aromatic carbocycles. The molecule has 0 spiro atoms. The summed E-state index contributed by atoms with van der Waals surface area (Å²) in [5.41, 5.74) is 3.66. The third-order valence-corrected chi connectivity index (χ3v) is 6.54. The molecule has 4 unspecified atom stereocenters. The number of aliphatic hydroxyl groups is 1. The maximum absolute atomic E-state index is 11.8. The molecule has 1 N–H and O–H groups in total. The molecule has 0 heterocycles. The van der Waals surface area contributed by atoms with Crippen molar-refractivity contribution < 1.29 is 9.90 Å². The second-order valence-electron chi connectivity index (χ2n) is 8.12. The summed E-state index contributed by atoms with van der Waals surface area (Å²) in [5.74, 6) is 0.780. The topological polar surface area (TPSA) is 37.3 Å². The number of hydrogen-bond acceptors (Lipinski definition) is 2. The summed E-state index contributed by atoms with van der Waals surface area (Å²) in [4.78, 5) is 11.8. The molecular weight excluding hydrogens is 272 g/mol. The maximum atomic E-state index is 11.8. The average molecular weight is 300 g/mol. The van der Waals surface area contributed by atoms with Crippen LogP contribution in [0.5, 0.6) is 0 Å². The Kier molecular flexibility index (Phi) is 3.71. The highest BCUT2D eigenvalue weighted by molar-refractivity contribution is 5.62. The molecule has 2 aliphatic rings. The third-order valence-electron chi connectivity index (χ3n) is 6.54. The summed E-state index contributed by atoms with van der Waals surface area (Å²) in [5, 5.41) is 10.4. The molecule has 1 fully saturated rings. The Morgan fingerprint density at radius 1 is 1.27 bits per heavy atom. The lowest BCUT2D eigenvalue weighted by atomic mass is 9.49. The molecule has 0 aromatic heterocycles. The van der Waals surface area contributed by atoms with Gasteiger partial charge in [-0.05, 0) is 59.6 Å². The van der Waals surface area contributed by atoms with Gasteiger partial charge in [-0.15, -0.1) is 0 Å². The van der Waals surface area contributed by atoms with Gasteiger partial charge in [0.25, 0.3) is 0 Å². The van der Waals surface area contributed by atoms with Gasteiger partial charge >= 0.3 is 0 Å². The largest absolute Gasteiger partial charge is 0.392 e. The van der Waals surface area contributed by atoms with Gasteiger partial charge in [-0.25, -0.2) is 0 Å². The zero-order chi connectivity index (χ0) is 16.1. The van der Waals surface area contributed by atoms with Crippen molar-refractivity contribution in [3.05, 3.63) is 34.9 Å². The van der Waals surface area contributed by atoms with Crippen LogP contribution < -0.4 is 0 Å². The van der Waals surface area contributed by atoms with Crippen LogP contribution in [-0.4, -0.2) is 17.5 Å². The second-order valence-corrected chi connectivity index (χ2v) is 8.12. The molecule has 4 atom stereocenters. The van der Waals surface area contributed by atoms with E-state index in [1.54, 1.807) is 0 Å². The summed E-state index contributed by atoms with van der Waals surface area (Å²) >= 11 is 0. The fourth-order valence-corrected chi connectivity index (χ4v) is 4.99. The summed E-state index contributed by atoms with van der Waals surface area (Å²) in [6, 6.07) is 6.91. The Morgan fingerprint density at radius 3 is 2.64 bits per heavy atom. The van der Waals surface area contributed by atoms with Crippen molar-refractivity contribution >= 4 is 6.29 Å². The van der Waals surface area contributed by atoms with E-state index < -0.39 is 11.5 Å². The van der Waals surface area contributed by atoms with Crippen molar-refractivity contribution in [3.63, 3.8) is 0 Å². The Morgan fingerprint density at radius 2 is 2.00 bits per heavy atom. The van der Waals surface area contributed by atoms with Gasteiger partial charge in [-0.3, -0.25) is 0 Å². The van der Waals surface area contributed by atoms with E-state index >= 15 is 0 Å². The number of aldehydes is 1. The maximum Gasteiger partial charge on any atom is 0.128 e. The first-order valence-corrected chi connectivity index (χ1v) is 8.60. The lowest BCUT2D eigenvalue weighted by molar-refractivity contribution is -0.137. The monoisotopic (exact) mass is 300 g/mol. The van der Waals surface area contributed by atoms with Crippen LogP contribution in [0.2, 0.25) is 0 Å². The first kappa shape index (κ1) is 15.7. The van der Waals surface area contributed by atoms with Gasteiger partial charge in [-0.2, -0.15) is 0 Å². The zero-order valence-corrected chi connectivity index (χ0v) is 14.2. The average Bonchev–Trinajstić information content (AvgIpc) is 2.51. The van der Waals surface area contributed by atoms with Crippen LogP contribution in [0.3, 0.4) is 0 Å². The Bertz CT molecular complexity index is 591. The number of benzene rings is 1. The minimum absolute atomic E-state index is 0.0119. The summed E-state index contributed by atoms with van der Waals surface area (Å²) in [6.45, 7) is 8.73. The van der Waals surface area contributed by atoms with Crippen molar-refractivity contribution in [2.75, 3.05) is 0 Å². The molecule has 1 saturated carbocycles. The third kappa shape index (κ3) is 2.07. The van der Waals surface area contributed by atoms with Crippen LogP contribution in [0.15, 0.2) is 18.2 Å². The van der Waals surface area contributed by atoms with Gasteiger partial charge < -0.3 is 9.90 Å². The number of carbonyl (C=O) groups is 1. The standard InChI is InChI=1S/C20H28O2/c1-13(2)14-5-7-16-15(11-14)6-8-17-19(16,3)10-9-18(22)20(17,4)12-21/h5,7,11-13,17-18,22H,6,8-10H2,1-4H3. The van der Waals surface area contributed by atoms with E-state index in [9.17, 15) is 9.90 Å². The zero-order valence-electron chi connectivity index (χ0n) is 14.2. The van der Waals surface area contributed by atoms with Gasteiger partial charge in [0.15, 0.2) is 0 Å². The van der Waals surface area contributed by atoms with Crippen molar-refractivity contribution in [3.8, 4) is 0 Å². The fraction of sp³-hybridized carbons (Fsp3) is 0.650. The molecule has 3 rings (SSSR count). The van der Waals surface area contributed by atoms with Crippen molar-refractivity contribution in [1.29, 1.82) is 0 Å². The molecule has 2 aliphatic carbocycles. The number of rotatable bonds is 2.